The molecule has 0 saturated heterocycles. The summed E-state index contributed by atoms with van der Waals surface area (Å²) in [6.07, 6.45) is 0.853. The Morgan fingerprint density at radius 1 is 1.44 bits per heavy atom. The van der Waals surface area contributed by atoms with E-state index in [2.05, 4.69) is 17.2 Å². The largest absolute Gasteiger partial charge is 0.504 e. The van der Waals surface area contributed by atoms with E-state index >= 15 is 0 Å². The number of aromatic hydroxyl groups is 1. The molecule has 1 rings (SSSR count). The van der Waals surface area contributed by atoms with E-state index in [4.69, 9.17) is 4.74 Å². The number of rotatable bonds is 5. The highest BCUT2D eigenvalue weighted by Crippen LogP contribution is 2.25. The smallest absolute Gasteiger partial charge is 0.160 e. The van der Waals surface area contributed by atoms with E-state index in [1.54, 1.807) is 13.2 Å². The number of benzene rings is 1. The summed E-state index contributed by atoms with van der Waals surface area (Å²) >= 11 is 0. The van der Waals surface area contributed by atoms with E-state index in [0.29, 0.717) is 5.75 Å². The summed E-state index contributed by atoms with van der Waals surface area (Å²) in [5, 5.41) is 12.7. The fourth-order valence-electron chi connectivity index (χ4n) is 1.34. The van der Waals surface area contributed by atoms with Crippen molar-refractivity contribution < 1.29 is 9.84 Å². The Bertz CT molecular complexity index is 391. The number of hydrogen-bond donors (Lipinski definition) is 2. The van der Waals surface area contributed by atoms with Crippen molar-refractivity contribution in [3.05, 3.63) is 23.8 Å². The molecule has 0 radical (unpaired) electrons. The van der Waals surface area contributed by atoms with Gasteiger partial charge in [0, 0.05) is 19.5 Å². The first-order valence-electron chi connectivity index (χ1n) is 5.24. The van der Waals surface area contributed by atoms with E-state index in [9.17, 15) is 5.11 Å². The van der Waals surface area contributed by atoms with Gasteiger partial charge in [0.2, 0.25) is 0 Å². The number of methoxy groups -OCH3 is 1. The summed E-state index contributed by atoms with van der Waals surface area (Å²) in [6, 6.07) is 5.34. The molecule has 16 heavy (non-hydrogen) atoms. The summed E-state index contributed by atoms with van der Waals surface area (Å²) in [5.41, 5.74) is 1.08. The highest BCUT2D eigenvalue weighted by molar-refractivity contribution is 5.41. The molecule has 0 atom stereocenters. The molecule has 0 spiro atoms. The van der Waals surface area contributed by atoms with Crippen molar-refractivity contribution in [3.8, 4) is 23.3 Å². The summed E-state index contributed by atoms with van der Waals surface area (Å²) in [5.74, 6) is 6.51. The summed E-state index contributed by atoms with van der Waals surface area (Å²) in [6.45, 7) is 3.46. The molecule has 0 aromatic heterocycles. The number of hydrogen-bond acceptors (Lipinski definition) is 3. The Balaban J connectivity index is 2.44. The molecule has 0 saturated carbocycles. The number of nitrogens with one attached hydrogen (secondary N) is 1. The van der Waals surface area contributed by atoms with Crippen molar-refractivity contribution in [1.82, 2.24) is 5.32 Å². The van der Waals surface area contributed by atoms with Gasteiger partial charge in [-0.1, -0.05) is 6.07 Å². The number of ether oxygens (including phenoxy) is 1. The molecular formula is C13H17NO2. The van der Waals surface area contributed by atoms with Crippen LogP contribution < -0.4 is 10.1 Å². The van der Waals surface area contributed by atoms with Crippen molar-refractivity contribution in [2.75, 3.05) is 13.7 Å². The minimum absolute atomic E-state index is 0.170. The Hall–Kier alpha value is -1.66. The van der Waals surface area contributed by atoms with Gasteiger partial charge in [-0.05, 0) is 24.6 Å². The molecule has 3 nitrogen and oxygen atoms in total. The Labute approximate surface area is 96.4 Å². The molecule has 0 unspecified atom stereocenters. The van der Waals surface area contributed by atoms with Crippen LogP contribution in [-0.4, -0.2) is 18.8 Å². The van der Waals surface area contributed by atoms with Crippen molar-refractivity contribution in [3.63, 3.8) is 0 Å². The molecule has 0 aliphatic heterocycles. The van der Waals surface area contributed by atoms with Gasteiger partial charge in [-0.3, -0.25) is 0 Å². The van der Waals surface area contributed by atoms with Crippen LogP contribution in [-0.2, 0) is 6.54 Å². The maximum absolute atomic E-state index is 9.41. The van der Waals surface area contributed by atoms with Crippen molar-refractivity contribution >= 4 is 0 Å². The maximum Gasteiger partial charge on any atom is 0.160 e. The summed E-state index contributed by atoms with van der Waals surface area (Å²) in [4.78, 5) is 0. The third-order valence-corrected chi connectivity index (χ3v) is 2.18. The first-order chi connectivity index (χ1) is 7.77. The average molecular weight is 219 g/mol. The molecule has 1 aromatic rings. The Morgan fingerprint density at radius 3 is 2.94 bits per heavy atom. The van der Waals surface area contributed by atoms with Crippen LogP contribution in [0.2, 0.25) is 0 Å². The predicted octanol–water partition coefficient (Wildman–Crippen LogP) is 1.90. The highest BCUT2D eigenvalue weighted by Gasteiger charge is 2.01. The zero-order chi connectivity index (χ0) is 11.8. The molecule has 1 aromatic carbocycles. The van der Waals surface area contributed by atoms with Gasteiger partial charge in [0.1, 0.15) is 0 Å². The van der Waals surface area contributed by atoms with Crippen LogP contribution >= 0.6 is 0 Å². The van der Waals surface area contributed by atoms with Crippen LogP contribution in [0.15, 0.2) is 18.2 Å². The van der Waals surface area contributed by atoms with Crippen LogP contribution in [0.3, 0.4) is 0 Å². The normalized spacial score (nSPS) is 9.38. The third kappa shape index (κ3) is 3.84. The van der Waals surface area contributed by atoms with E-state index in [0.717, 1.165) is 25.1 Å². The van der Waals surface area contributed by atoms with Crippen molar-refractivity contribution in [1.29, 1.82) is 0 Å². The second-order valence-corrected chi connectivity index (χ2v) is 3.36. The zero-order valence-electron chi connectivity index (χ0n) is 9.71. The molecule has 0 aliphatic rings. The van der Waals surface area contributed by atoms with Crippen LogP contribution in [0.25, 0.3) is 0 Å². The fourth-order valence-corrected chi connectivity index (χ4v) is 1.34. The number of phenols is 1. The first-order valence-corrected chi connectivity index (χ1v) is 5.24. The second-order valence-electron chi connectivity index (χ2n) is 3.36. The molecule has 0 fully saturated rings. The Morgan fingerprint density at radius 2 is 2.25 bits per heavy atom. The molecule has 86 valence electrons. The van der Waals surface area contributed by atoms with Gasteiger partial charge in [-0.2, -0.15) is 0 Å². The molecule has 3 heteroatoms. The van der Waals surface area contributed by atoms with Gasteiger partial charge in [0.25, 0.3) is 0 Å². The molecule has 2 N–H and O–H groups in total. The highest BCUT2D eigenvalue weighted by atomic mass is 16.5. The monoisotopic (exact) mass is 219 g/mol. The molecule has 0 amide bonds. The van der Waals surface area contributed by atoms with E-state index in [-0.39, 0.29) is 5.75 Å². The Kier molecular flexibility index (Phi) is 5.24. The minimum Gasteiger partial charge on any atom is -0.504 e. The van der Waals surface area contributed by atoms with Gasteiger partial charge in [0.05, 0.1) is 7.11 Å². The van der Waals surface area contributed by atoms with Crippen molar-refractivity contribution in [2.45, 2.75) is 19.9 Å². The lowest BCUT2D eigenvalue weighted by molar-refractivity contribution is 0.373. The maximum atomic E-state index is 9.41. The third-order valence-electron chi connectivity index (χ3n) is 2.18. The van der Waals surface area contributed by atoms with E-state index in [1.165, 1.54) is 0 Å². The topological polar surface area (TPSA) is 41.5 Å². The number of phenolic OH excluding ortho intramolecular Hbond substituents is 1. The lowest BCUT2D eigenvalue weighted by Gasteiger charge is -2.07. The first kappa shape index (κ1) is 12.4. The van der Waals surface area contributed by atoms with Crippen LogP contribution in [0.4, 0.5) is 0 Å². The van der Waals surface area contributed by atoms with Crippen LogP contribution in [0, 0.1) is 11.8 Å². The second kappa shape index (κ2) is 6.76. The molecule has 0 bridgehead atoms. The van der Waals surface area contributed by atoms with E-state index in [1.807, 2.05) is 19.1 Å². The van der Waals surface area contributed by atoms with E-state index < -0.39 is 0 Å². The van der Waals surface area contributed by atoms with Gasteiger partial charge in [-0.25, -0.2) is 0 Å². The quantitative estimate of drug-likeness (QED) is 0.587. The van der Waals surface area contributed by atoms with Gasteiger partial charge >= 0.3 is 0 Å². The minimum atomic E-state index is 0.170. The van der Waals surface area contributed by atoms with Crippen molar-refractivity contribution in [2.24, 2.45) is 0 Å². The molecule has 0 heterocycles. The fraction of sp³-hybridized carbons (Fsp3) is 0.385. The molecular weight excluding hydrogens is 202 g/mol. The van der Waals surface area contributed by atoms with Crippen LogP contribution in [0.5, 0.6) is 11.5 Å². The SMILES string of the molecule is CC#CCCNCc1ccc(O)c(OC)c1. The average Bonchev–Trinajstić information content (AvgIpc) is 2.31. The summed E-state index contributed by atoms with van der Waals surface area (Å²) < 4.78 is 5.03. The lowest BCUT2D eigenvalue weighted by atomic mass is 10.2. The zero-order valence-corrected chi connectivity index (χ0v) is 9.71. The summed E-state index contributed by atoms with van der Waals surface area (Å²) in [7, 11) is 1.54. The lowest BCUT2D eigenvalue weighted by Crippen LogP contribution is -2.14. The van der Waals surface area contributed by atoms with Crippen LogP contribution in [0.1, 0.15) is 18.9 Å². The van der Waals surface area contributed by atoms with Gasteiger partial charge in [0.15, 0.2) is 11.5 Å². The predicted molar refractivity (Wildman–Crippen MR) is 64.4 cm³/mol. The molecule has 0 aliphatic carbocycles. The van der Waals surface area contributed by atoms with Gasteiger partial charge in [-0.15, -0.1) is 11.8 Å². The van der Waals surface area contributed by atoms with Gasteiger partial charge < -0.3 is 15.2 Å². The standard InChI is InChI=1S/C13H17NO2/c1-3-4-5-8-14-10-11-6-7-12(15)13(9-11)16-2/h6-7,9,14-15H,5,8,10H2,1-2H3.